The molecule has 7 nitrogen and oxygen atoms in total. The van der Waals surface area contributed by atoms with Crippen molar-refractivity contribution in [2.45, 2.75) is 25.4 Å². The number of nitrogens with zero attached hydrogens (tertiary/aromatic N) is 2. The van der Waals surface area contributed by atoms with E-state index in [0.29, 0.717) is 43.1 Å². The van der Waals surface area contributed by atoms with E-state index in [1.54, 1.807) is 14.0 Å². The van der Waals surface area contributed by atoms with Crippen LogP contribution < -0.4 is 11.1 Å². The summed E-state index contributed by atoms with van der Waals surface area (Å²) >= 11 is 0. The van der Waals surface area contributed by atoms with Crippen LogP contribution in [0.25, 0.3) is 0 Å². The normalized spacial score (nSPS) is 18.3. The number of rotatable bonds is 3. The Labute approximate surface area is 111 Å². The summed E-state index contributed by atoms with van der Waals surface area (Å²) in [5, 5.41) is 17.1. The first-order chi connectivity index (χ1) is 8.93. The van der Waals surface area contributed by atoms with Gasteiger partial charge in [-0.1, -0.05) is 0 Å². The highest BCUT2D eigenvalue weighted by Gasteiger charge is 2.31. The van der Waals surface area contributed by atoms with Crippen LogP contribution in [0.3, 0.4) is 0 Å². The summed E-state index contributed by atoms with van der Waals surface area (Å²) in [6.45, 7) is 2.97. The number of carbonyl (C=O) groups excluding carboxylic acids is 1. The van der Waals surface area contributed by atoms with Crippen LogP contribution in [0.2, 0.25) is 0 Å². The number of aromatic nitrogens is 2. The monoisotopic (exact) mass is 268 g/mol. The van der Waals surface area contributed by atoms with E-state index in [9.17, 15) is 9.90 Å². The number of ether oxygens (including phenoxy) is 1. The molecule has 1 fully saturated rings. The molecule has 1 saturated heterocycles. The van der Waals surface area contributed by atoms with Crippen LogP contribution in [0.1, 0.15) is 29.0 Å². The number of hydrogen-bond acceptors (Lipinski definition) is 5. The summed E-state index contributed by atoms with van der Waals surface area (Å²) in [4.78, 5) is 12.1. The lowest BCUT2D eigenvalue weighted by Gasteiger charge is -2.32. The topological polar surface area (TPSA) is 102 Å². The average molecular weight is 268 g/mol. The Bertz CT molecular complexity index is 478. The van der Waals surface area contributed by atoms with Crippen molar-refractivity contribution in [3.8, 4) is 0 Å². The first-order valence-corrected chi connectivity index (χ1v) is 6.30. The molecule has 1 aliphatic rings. The maximum absolute atomic E-state index is 12.1. The van der Waals surface area contributed by atoms with Gasteiger partial charge in [0.25, 0.3) is 5.91 Å². The molecule has 1 aliphatic heterocycles. The van der Waals surface area contributed by atoms with Crippen molar-refractivity contribution in [1.29, 1.82) is 0 Å². The molecule has 0 unspecified atom stereocenters. The molecule has 0 radical (unpaired) electrons. The molecule has 0 atom stereocenters. The minimum absolute atomic E-state index is 0.193. The smallest absolute Gasteiger partial charge is 0.271 e. The van der Waals surface area contributed by atoms with Crippen molar-refractivity contribution in [1.82, 2.24) is 15.1 Å². The van der Waals surface area contributed by atoms with Crippen molar-refractivity contribution in [3.63, 3.8) is 0 Å². The van der Waals surface area contributed by atoms with Crippen LogP contribution in [-0.4, -0.2) is 46.2 Å². The lowest BCUT2D eigenvalue weighted by Crippen LogP contribution is -2.47. The number of aryl methyl sites for hydroxylation is 2. The zero-order valence-electron chi connectivity index (χ0n) is 11.3. The Morgan fingerprint density at radius 2 is 2.21 bits per heavy atom. The maximum atomic E-state index is 12.1. The van der Waals surface area contributed by atoms with Crippen LogP contribution in [0.15, 0.2) is 0 Å². The van der Waals surface area contributed by atoms with Crippen molar-refractivity contribution >= 4 is 11.6 Å². The van der Waals surface area contributed by atoms with E-state index in [0.717, 1.165) is 0 Å². The maximum Gasteiger partial charge on any atom is 0.271 e. The fourth-order valence-corrected chi connectivity index (χ4v) is 2.20. The molecule has 7 heteroatoms. The van der Waals surface area contributed by atoms with E-state index in [1.807, 2.05) is 0 Å². The third-order valence-electron chi connectivity index (χ3n) is 3.49. The predicted octanol–water partition coefficient (Wildman–Crippen LogP) is -0.418. The van der Waals surface area contributed by atoms with Crippen LogP contribution in [0.5, 0.6) is 0 Å². The van der Waals surface area contributed by atoms with E-state index in [-0.39, 0.29) is 12.5 Å². The molecule has 2 rings (SSSR count). The third-order valence-corrected chi connectivity index (χ3v) is 3.49. The van der Waals surface area contributed by atoms with Crippen molar-refractivity contribution in [2.75, 3.05) is 25.5 Å². The molecule has 2 heterocycles. The molecule has 1 amide bonds. The number of nitrogens with one attached hydrogen (secondary N) is 1. The standard InChI is InChI=1S/C12H20N4O3/c1-8-9(13)10(16(2)15-8)11(17)14-7-12(18)3-5-19-6-4-12/h18H,3-7,13H2,1-2H3,(H,14,17). The molecule has 0 aliphatic carbocycles. The van der Waals surface area contributed by atoms with Crippen LogP contribution in [0, 0.1) is 6.92 Å². The van der Waals surface area contributed by atoms with Gasteiger partial charge in [0.05, 0.1) is 17.0 Å². The van der Waals surface area contributed by atoms with Gasteiger partial charge in [-0.25, -0.2) is 0 Å². The van der Waals surface area contributed by atoms with Gasteiger partial charge in [-0.15, -0.1) is 0 Å². The van der Waals surface area contributed by atoms with Crippen LogP contribution in [-0.2, 0) is 11.8 Å². The Hall–Kier alpha value is -1.60. The van der Waals surface area contributed by atoms with Crippen LogP contribution >= 0.6 is 0 Å². The van der Waals surface area contributed by atoms with Crippen molar-refractivity contribution in [3.05, 3.63) is 11.4 Å². The Kier molecular flexibility index (Phi) is 3.77. The summed E-state index contributed by atoms with van der Waals surface area (Å²) in [5.41, 5.74) is 6.25. The molecule has 0 saturated carbocycles. The largest absolute Gasteiger partial charge is 0.395 e. The number of hydrogen-bond donors (Lipinski definition) is 3. The summed E-state index contributed by atoms with van der Waals surface area (Å²) in [5.74, 6) is -0.319. The number of anilines is 1. The first-order valence-electron chi connectivity index (χ1n) is 6.30. The fourth-order valence-electron chi connectivity index (χ4n) is 2.20. The molecule has 0 aromatic carbocycles. The average Bonchev–Trinajstić information content (AvgIpc) is 2.62. The quantitative estimate of drug-likeness (QED) is 0.691. The Morgan fingerprint density at radius 3 is 2.74 bits per heavy atom. The second-order valence-corrected chi connectivity index (χ2v) is 4.99. The van der Waals surface area contributed by atoms with Gasteiger partial charge in [0, 0.05) is 39.6 Å². The molecule has 1 aromatic heterocycles. The third kappa shape index (κ3) is 2.87. The summed E-state index contributed by atoms with van der Waals surface area (Å²) in [6.07, 6.45) is 1.04. The number of nitrogen functional groups attached to an aromatic ring is 1. The van der Waals surface area contributed by atoms with Gasteiger partial charge >= 0.3 is 0 Å². The number of carbonyl (C=O) groups is 1. The predicted molar refractivity (Wildman–Crippen MR) is 69.7 cm³/mol. The SMILES string of the molecule is Cc1nn(C)c(C(=O)NCC2(O)CCOCC2)c1N. The van der Waals surface area contributed by atoms with E-state index < -0.39 is 5.60 Å². The fraction of sp³-hybridized carbons (Fsp3) is 0.667. The summed E-state index contributed by atoms with van der Waals surface area (Å²) in [7, 11) is 1.67. The van der Waals surface area contributed by atoms with E-state index in [4.69, 9.17) is 10.5 Å². The second kappa shape index (κ2) is 5.18. The minimum Gasteiger partial charge on any atom is -0.395 e. The number of aliphatic hydroxyl groups is 1. The molecule has 106 valence electrons. The summed E-state index contributed by atoms with van der Waals surface area (Å²) < 4.78 is 6.64. The molecule has 1 aromatic rings. The van der Waals surface area contributed by atoms with E-state index in [1.165, 1.54) is 4.68 Å². The van der Waals surface area contributed by atoms with Gasteiger partial charge in [-0.3, -0.25) is 9.48 Å². The minimum atomic E-state index is -0.893. The second-order valence-electron chi connectivity index (χ2n) is 4.99. The lowest BCUT2D eigenvalue weighted by molar-refractivity contribution is -0.0605. The highest BCUT2D eigenvalue weighted by molar-refractivity contribution is 5.97. The lowest BCUT2D eigenvalue weighted by atomic mass is 9.94. The number of amides is 1. The molecular formula is C12H20N4O3. The van der Waals surface area contributed by atoms with Gasteiger partial charge in [0.1, 0.15) is 5.69 Å². The molecule has 0 bridgehead atoms. The molecule has 4 N–H and O–H groups in total. The van der Waals surface area contributed by atoms with Crippen molar-refractivity contribution in [2.24, 2.45) is 7.05 Å². The van der Waals surface area contributed by atoms with E-state index >= 15 is 0 Å². The van der Waals surface area contributed by atoms with Gasteiger partial charge in [0.15, 0.2) is 0 Å². The van der Waals surface area contributed by atoms with E-state index in [2.05, 4.69) is 10.4 Å². The molecule has 19 heavy (non-hydrogen) atoms. The van der Waals surface area contributed by atoms with Crippen molar-refractivity contribution < 1.29 is 14.6 Å². The van der Waals surface area contributed by atoms with Gasteiger partial charge in [-0.2, -0.15) is 5.10 Å². The summed E-state index contributed by atoms with van der Waals surface area (Å²) in [6, 6.07) is 0. The zero-order valence-corrected chi connectivity index (χ0v) is 11.3. The molecule has 0 spiro atoms. The number of nitrogens with two attached hydrogens (primary N) is 1. The zero-order chi connectivity index (χ0) is 14.0. The highest BCUT2D eigenvalue weighted by atomic mass is 16.5. The first kappa shape index (κ1) is 13.8. The highest BCUT2D eigenvalue weighted by Crippen LogP contribution is 2.20. The van der Waals surface area contributed by atoms with Crippen LogP contribution in [0.4, 0.5) is 5.69 Å². The Morgan fingerprint density at radius 1 is 1.58 bits per heavy atom. The van der Waals surface area contributed by atoms with Gasteiger partial charge in [0.2, 0.25) is 0 Å². The Balaban J connectivity index is 2.01. The van der Waals surface area contributed by atoms with Gasteiger partial charge in [-0.05, 0) is 6.92 Å². The van der Waals surface area contributed by atoms with Gasteiger partial charge < -0.3 is 20.9 Å². The molecular weight excluding hydrogens is 248 g/mol.